The van der Waals surface area contributed by atoms with Gasteiger partial charge in [0.25, 0.3) is 0 Å². The Morgan fingerprint density at radius 2 is 2.23 bits per heavy atom. The average molecular weight is 195 g/mol. The molecule has 0 bridgehead atoms. The van der Waals surface area contributed by atoms with Gasteiger partial charge in [0.05, 0.1) is 7.11 Å². The normalized spacial score (nSPS) is 11.4. The summed E-state index contributed by atoms with van der Waals surface area (Å²) in [5.41, 5.74) is -0.505. The first-order chi connectivity index (χ1) is 5.95. The van der Waals surface area contributed by atoms with Crippen LogP contribution in [-0.2, 0) is 10.9 Å². The number of alkyl halides is 3. The zero-order valence-corrected chi connectivity index (χ0v) is 6.38. The zero-order chi connectivity index (χ0) is 10.1. The average Bonchev–Trinajstić information content (AvgIpc) is 2.50. The second kappa shape index (κ2) is 3.08. The Morgan fingerprint density at radius 1 is 1.62 bits per heavy atom. The predicted molar refractivity (Wildman–Crippen MR) is 32.8 cm³/mol. The van der Waals surface area contributed by atoms with E-state index in [1.54, 1.807) is 0 Å². The molecule has 1 heterocycles. The molecule has 4 nitrogen and oxygen atoms in total. The molecule has 0 amide bonds. The molecule has 0 saturated carbocycles. The van der Waals surface area contributed by atoms with Gasteiger partial charge in [-0.3, -0.25) is 0 Å². The van der Waals surface area contributed by atoms with Crippen molar-refractivity contribution < 1.29 is 27.2 Å². The minimum Gasteiger partial charge on any atom is -0.464 e. The van der Waals surface area contributed by atoms with Crippen molar-refractivity contribution in [1.82, 2.24) is 5.16 Å². The molecule has 1 rings (SSSR count). The maximum absolute atomic E-state index is 11.9. The Morgan fingerprint density at radius 3 is 2.62 bits per heavy atom. The minimum atomic E-state index is -4.64. The van der Waals surface area contributed by atoms with E-state index in [1.807, 2.05) is 0 Å². The summed E-state index contributed by atoms with van der Waals surface area (Å²) >= 11 is 0. The number of ether oxygens (including phenoxy) is 1. The van der Waals surface area contributed by atoms with Crippen LogP contribution in [0.25, 0.3) is 0 Å². The summed E-state index contributed by atoms with van der Waals surface area (Å²) in [5, 5.41) is 2.88. The van der Waals surface area contributed by atoms with Crippen LogP contribution < -0.4 is 0 Å². The number of esters is 1. The van der Waals surface area contributed by atoms with Gasteiger partial charge in [-0.1, -0.05) is 5.16 Å². The number of rotatable bonds is 1. The van der Waals surface area contributed by atoms with E-state index < -0.39 is 23.6 Å². The first-order valence-electron chi connectivity index (χ1n) is 3.07. The topological polar surface area (TPSA) is 52.3 Å². The fourth-order valence-corrected chi connectivity index (χ4v) is 0.610. The van der Waals surface area contributed by atoms with Gasteiger partial charge in [0.15, 0.2) is 5.69 Å². The number of methoxy groups -OCH3 is 1. The van der Waals surface area contributed by atoms with Crippen LogP contribution in [-0.4, -0.2) is 18.2 Å². The Hall–Kier alpha value is -1.53. The molecule has 0 unspecified atom stereocenters. The van der Waals surface area contributed by atoms with Crippen LogP contribution in [0, 0.1) is 0 Å². The van der Waals surface area contributed by atoms with E-state index in [9.17, 15) is 18.0 Å². The van der Waals surface area contributed by atoms with Crippen molar-refractivity contribution in [3.8, 4) is 0 Å². The van der Waals surface area contributed by atoms with Crippen LogP contribution in [0.1, 0.15) is 16.2 Å². The molecule has 1 aromatic rings. The third kappa shape index (κ3) is 1.98. The Bertz CT molecular complexity index is 317. The number of aromatic nitrogens is 1. The molecule has 0 radical (unpaired) electrons. The second-order valence-corrected chi connectivity index (χ2v) is 2.07. The molecule has 7 heteroatoms. The van der Waals surface area contributed by atoms with E-state index in [0.717, 1.165) is 7.11 Å². The Labute approximate surface area is 70.3 Å². The van der Waals surface area contributed by atoms with Crippen LogP contribution in [0.3, 0.4) is 0 Å². The third-order valence-electron chi connectivity index (χ3n) is 1.18. The molecule has 0 aromatic carbocycles. The predicted octanol–water partition coefficient (Wildman–Crippen LogP) is 1.48. The van der Waals surface area contributed by atoms with Crippen LogP contribution in [0.5, 0.6) is 0 Å². The maximum atomic E-state index is 11.9. The molecule has 0 atom stereocenters. The molecule has 0 saturated heterocycles. The molecule has 0 aliphatic carbocycles. The first-order valence-corrected chi connectivity index (χ1v) is 3.07. The molecule has 13 heavy (non-hydrogen) atoms. The lowest BCUT2D eigenvalue weighted by molar-refractivity contribution is -0.155. The quantitative estimate of drug-likeness (QED) is 0.637. The van der Waals surface area contributed by atoms with Gasteiger partial charge in [0.2, 0.25) is 5.76 Å². The van der Waals surface area contributed by atoms with Crippen molar-refractivity contribution in [3.05, 3.63) is 17.5 Å². The summed E-state index contributed by atoms with van der Waals surface area (Å²) in [6, 6.07) is 0.478. The van der Waals surface area contributed by atoms with Gasteiger partial charge >= 0.3 is 12.1 Å². The van der Waals surface area contributed by atoms with E-state index in [-0.39, 0.29) is 0 Å². The summed E-state index contributed by atoms with van der Waals surface area (Å²) in [5.74, 6) is -2.30. The molecular weight excluding hydrogens is 191 g/mol. The summed E-state index contributed by atoms with van der Waals surface area (Å²) in [6.07, 6.45) is -4.64. The summed E-state index contributed by atoms with van der Waals surface area (Å²) in [4.78, 5) is 10.6. The monoisotopic (exact) mass is 195 g/mol. The fraction of sp³-hybridized carbons (Fsp3) is 0.333. The van der Waals surface area contributed by atoms with Crippen molar-refractivity contribution in [2.75, 3.05) is 7.11 Å². The van der Waals surface area contributed by atoms with Crippen molar-refractivity contribution >= 4 is 5.97 Å². The highest BCUT2D eigenvalue weighted by Gasteiger charge is 2.36. The number of hydrogen-bond acceptors (Lipinski definition) is 4. The lowest BCUT2D eigenvalue weighted by Gasteiger charge is -1.97. The van der Waals surface area contributed by atoms with Crippen LogP contribution >= 0.6 is 0 Å². The Kier molecular flexibility index (Phi) is 2.26. The highest BCUT2D eigenvalue weighted by molar-refractivity contribution is 5.86. The number of hydrogen-bond donors (Lipinski definition) is 0. The second-order valence-electron chi connectivity index (χ2n) is 2.07. The number of halogens is 3. The smallest absolute Gasteiger partial charge is 0.452 e. The summed E-state index contributed by atoms with van der Waals surface area (Å²) in [7, 11) is 1.03. The molecule has 0 N–H and O–H groups in total. The maximum Gasteiger partial charge on any atom is 0.452 e. The number of carbonyl (C=O) groups excluding carboxylic acids is 1. The molecule has 0 aliphatic heterocycles. The van der Waals surface area contributed by atoms with E-state index in [4.69, 9.17) is 0 Å². The van der Waals surface area contributed by atoms with Crippen LogP contribution in [0.15, 0.2) is 10.6 Å². The largest absolute Gasteiger partial charge is 0.464 e. The molecule has 72 valence electrons. The molecule has 0 aliphatic rings. The van der Waals surface area contributed by atoms with Gasteiger partial charge < -0.3 is 9.26 Å². The first kappa shape index (κ1) is 9.56. The van der Waals surface area contributed by atoms with Crippen LogP contribution in [0.2, 0.25) is 0 Å². The number of nitrogens with zero attached hydrogens (tertiary/aromatic N) is 1. The summed E-state index contributed by atoms with van der Waals surface area (Å²) < 4.78 is 43.7. The minimum absolute atomic E-state index is 0.478. The fourth-order valence-electron chi connectivity index (χ4n) is 0.610. The highest BCUT2D eigenvalue weighted by atomic mass is 19.4. The SMILES string of the molecule is COC(=O)c1cc(C(F)(F)F)on1. The lowest BCUT2D eigenvalue weighted by Crippen LogP contribution is -2.03. The van der Waals surface area contributed by atoms with Crippen molar-refractivity contribution in [1.29, 1.82) is 0 Å². The van der Waals surface area contributed by atoms with Crippen molar-refractivity contribution in [3.63, 3.8) is 0 Å². The van der Waals surface area contributed by atoms with Crippen LogP contribution in [0.4, 0.5) is 13.2 Å². The molecular formula is C6H4F3NO3. The number of carbonyl (C=O) groups is 1. The van der Waals surface area contributed by atoms with E-state index in [0.29, 0.717) is 6.07 Å². The van der Waals surface area contributed by atoms with Gasteiger partial charge in [-0.2, -0.15) is 13.2 Å². The van der Waals surface area contributed by atoms with Crippen molar-refractivity contribution in [2.24, 2.45) is 0 Å². The van der Waals surface area contributed by atoms with Gasteiger partial charge in [-0.25, -0.2) is 4.79 Å². The van der Waals surface area contributed by atoms with Gasteiger partial charge in [0.1, 0.15) is 0 Å². The van der Waals surface area contributed by atoms with E-state index in [1.165, 1.54) is 0 Å². The van der Waals surface area contributed by atoms with Gasteiger partial charge in [-0.15, -0.1) is 0 Å². The third-order valence-corrected chi connectivity index (χ3v) is 1.18. The molecule has 1 aromatic heterocycles. The zero-order valence-electron chi connectivity index (χ0n) is 6.38. The van der Waals surface area contributed by atoms with Gasteiger partial charge in [-0.05, 0) is 0 Å². The van der Waals surface area contributed by atoms with Crippen molar-refractivity contribution in [2.45, 2.75) is 6.18 Å². The Balaban J connectivity index is 2.93. The highest BCUT2D eigenvalue weighted by Crippen LogP contribution is 2.29. The van der Waals surface area contributed by atoms with E-state index in [2.05, 4.69) is 14.4 Å². The summed E-state index contributed by atoms with van der Waals surface area (Å²) in [6.45, 7) is 0. The molecule has 0 fully saturated rings. The lowest BCUT2D eigenvalue weighted by atomic mass is 10.3. The molecule has 0 spiro atoms. The standard InChI is InChI=1S/C6H4F3NO3/c1-12-5(11)3-2-4(13-10-3)6(7,8)9/h2H,1H3. The van der Waals surface area contributed by atoms with Gasteiger partial charge in [0, 0.05) is 6.07 Å². The van der Waals surface area contributed by atoms with E-state index >= 15 is 0 Å².